The van der Waals surface area contributed by atoms with Gasteiger partial charge >= 0.3 is 0 Å². The van der Waals surface area contributed by atoms with Crippen molar-refractivity contribution >= 4 is 33.6 Å². The molecule has 1 amide bonds. The lowest BCUT2D eigenvalue weighted by atomic mass is 10.1. The highest BCUT2D eigenvalue weighted by atomic mass is 79.9. The quantitative estimate of drug-likeness (QED) is 0.652. The number of carbonyl (C=O) groups excluding carboxylic acids is 1. The van der Waals surface area contributed by atoms with Crippen LogP contribution in [0.25, 0.3) is 6.08 Å². The number of carbonyl (C=O) groups is 1. The van der Waals surface area contributed by atoms with Gasteiger partial charge in [-0.1, -0.05) is 40.2 Å². The maximum absolute atomic E-state index is 11.9. The smallest absolute Gasteiger partial charge is 0.244 e. The monoisotopic (exact) mass is 344 g/mol. The molecule has 1 atom stereocenters. The third-order valence-corrected chi connectivity index (χ3v) is 3.54. The van der Waals surface area contributed by atoms with Gasteiger partial charge in [0.2, 0.25) is 5.91 Å². The molecule has 0 bridgehead atoms. The van der Waals surface area contributed by atoms with Crippen molar-refractivity contribution < 1.29 is 4.79 Å². The molecule has 0 saturated heterocycles. The van der Waals surface area contributed by atoms with Crippen molar-refractivity contribution in [2.24, 2.45) is 0 Å². The van der Waals surface area contributed by atoms with E-state index in [0.717, 1.165) is 15.6 Å². The summed E-state index contributed by atoms with van der Waals surface area (Å²) in [5.41, 5.74) is 8.33. The van der Waals surface area contributed by atoms with Crippen molar-refractivity contribution in [1.29, 1.82) is 0 Å². The molecule has 21 heavy (non-hydrogen) atoms. The Morgan fingerprint density at radius 2 is 2.00 bits per heavy atom. The van der Waals surface area contributed by atoms with Gasteiger partial charge in [-0.05, 0) is 48.4 Å². The number of hydrogen-bond acceptors (Lipinski definition) is 2. The largest absolute Gasteiger partial charge is 0.399 e. The van der Waals surface area contributed by atoms with Gasteiger partial charge in [-0.25, -0.2) is 0 Å². The molecule has 0 heterocycles. The minimum absolute atomic E-state index is 0.0551. The van der Waals surface area contributed by atoms with Crippen molar-refractivity contribution in [2.45, 2.75) is 13.0 Å². The van der Waals surface area contributed by atoms with Gasteiger partial charge in [0.1, 0.15) is 0 Å². The minimum Gasteiger partial charge on any atom is -0.399 e. The van der Waals surface area contributed by atoms with E-state index in [4.69, 9.17) is 5.73 Å². The second kappa shape index (κ2) is 7.09. The summed E-state index contributed by atoms with van der Waals surface area (Å²) < 4.78 is 0.997. The van der Waals surface area contributed by atoms with Crippen molar-refractivity contribution in [3.8, 4) is 0 Å². The molecule has 0 aromatic heterocycles. The lowest BCUT2D eigenvalue weighted by Gasteiger charge is -2.13. The zero-order valence-electron chi connectivity index (χ0n) is 11.7. The van der Waals surface area contributed by atoms with Gasteiger partial charge in [0.05, 0.1) is 6.04 Å². The standard InChI is InChI=1S/C17H17BrN2O/c1-12(14-5-3-6-15(18)11-14)20-17(21)9-8-13-4-2-7-16(19)10-13/h2-12H,19H2,1H3,(H,20,21)/b9-8+. The average molecular weight is 345 g/mol. The molecule has 1 unspecified atom stereocenters. The number of benzene rings is 2. The third kappa shape index (κ3) is 4.76. The average Bonchev–Trinajstić information content (AvgIpc) is 2.45. The molecule has 0 saturated carbocycles. The fourth-order valence-electron chi connectivity index (χ4n) is 1.96. The van der Waals surface area contributed by atoms with Crippen LogP contribution in [0.2, 0.25) is 0 Å². The van der Waals surface area contributed by atoms with Crippen molar-refractivity contribution in [3.63, 3.8) is 0 Å². The van der Waals surface area contributed by atoms with Gasteiger partial charge in [-0.2, -0.15) is 0 Å². The van der Waals surface area contributed by atoms with Crippen LogP contribution < -0.4 is 11.1 Å². The van der Waals surface area contributed by atoms with E-state index < -0.39 is 0 Å². The summed E-state index contributed by atoms with van der Waals surface area (Å²) in [4.78, 5) is 11.9. The van der Waals surface area contributed by atoms with E-state index in [-0.39, 0.29) is 11.9 Å². The molecule has 108 valence electrons. The normalized spacial score (nSPS) is 12.3. The number of anilines is 1. The molecule has 3 N–H and O–H groups in total. The highest BCUT2D eigenvalue weighted by Gasteiger charge is 2.07. The molecule has 0 fully saturated rings. The first-order chi connectivity index (χ1) is 10.0. The predicted octanol–water partition coefficient (Wildman–Crippen LogP) is 3.92. The fraction of sp³-hybridized carbons (Fsp3) is 0.118. The molecule has 2 aromatic carbocycles. The number of rotatable bonds is 4. The number of hydrogen-bond donors (Lipinski definition) is 2. The van der Waals surface area contributed by atoms with E-state index in [9.17, 15) is 4.79 Å². The molecular weight excluding hydrogens is 328 g/mol. The van der Waals surface area contributed by atoms with Crippen molar-refractivity contribution in [1.82, 2.24) is 5.32 Å². The summed E-state index contributed by atoms with van der Waals surface area (Å²) in [6.45, 7) is 1.95. The van der Waals surface area contributed by atoms with Crippen LogP contribution in [0.4, 0.5) is 5.69 Å². The van der Waals surface area contributed by atoms with Gasteiger partial charge in [0.25, 0.3) is 0 Å². The Balaban J connectivity index is 1.98. The third-order valence-electron chi connectivity index (χ3n) is 3.05. The molecule has 0 radical (unpaired) electrons. The summed E-state index contributed by atoms with van der Waals surface area (Å²) >= 11 is 3.43. The van der Waals surface area contributed by atoms with Crippen LogP contribution in [0.15, 0.2) is 59.1 Å². The maximum atomic E-state index is 11.9. The topological polar surface area (TPSA) is 55.1 Å². The first kappa shape index (κ1) is 15.3. The van der Waals surface area contributed by atoms with Crippen LogP contribution in [-0.4, -0.2) is 5.91 Å². The Labute approximate surface area is 133 Å². The van der Waals surface area contributed by atoms with Gasteiger partial charge in [0.15, 0.2) is 0 Å². The minimum atomic E-state index is -0.134. The van der Waals surface area contributed by atoms with Crippen molar-refractivity contribution in [2.75, 3.05) is 5.73 Å². The second-order valence-electron chi connectivity index (χ2n) is 4.79. The van der Waals surface area contributed by atoms with E-state index in [1.165, 1.54) is 6.08 Å². The molecule has 2 rings (SSSR count). The highest BCUT2D eigenvalue weighted by molar-refractivity contribution is 9.10. The first-order valence-corrected chi connectivity index (χ1v) is 7.43. The van der Waals surface area contributed by atoms with Gasteiger partial charge < -0.3 is 11.1 Å². The number of nitrogens with two attached hydrogens (primary N) is 1. The van der Waals surface area contributed by atoms with E-state index >= 15 is 0 Å². The van der Waals surface area contributed by atoms with Crippen LogP contribution >= 0.6 is 15.9 Å². The Morgan fingerprint density at radius 3 is 2.71 bits per heavy atom. The van der Waals surface area contributed by atoms with Crippen molar-refractivity contribution in [3.05, 3.63) is 70.2 Å². The van der Waals surface area contributed by atoms with Crippen LogP contribution in [-0.2, 0) is 4.79 Å². The Morgan fingerprint density at radius 1 is 1.24 bits per heavy atom. The highest BCUT2D eigenvalue weighted by Crippen LogP contribution is 2.17. The van der Waals surface area contributed by atoms with Gasteiger partial charge in [-0.3, -0.25) is 4.79 Å². The SMILES string of the molecule is CC(NC(=O)/C=C/c1cccc(N)c1)c1cccc(Br)c1. The van der Waals surface area contributed by atoms with Gasteiger partial charge in [-0.15, -0.1) is 0 Å². The number of nitrogen functional groups attached to an aromatic ring is 1. The number of amides is 1. The zero-order valence-corrected chi connectivity index (χ0v) is 13.3. The van der Waals surface area contributed by atoms with Gasteiger partial charge in [0, 0.05) is 16.2 Å². The lowest BCUT2D eigenvalue weighted by molar-refractivity contribution is -0.117. The van der Waals surface area contributed by atoms with E-state index in [1.54, 1.807) is 6.08 Å². The lowest BCUT2D eigenvalue weighted by Crippen LogP contribution is -2.24. The fourth-order valence-corrected chi connectivity index (χ4v) is 2.37. The Kier molecular flexibility index (Phi) is 5.17. The van der Waals surface area contributed by atoms with E-state index in [0.29, 0.717) is 5.69 Å². The summed E-state index contributed by atoms with van der Waals surface area (Å²) in [7, 11) is 0. The summed E-state index contributed by atoms with van der Waals surface area (Å²) in [5, 5.41) is 2.93. The zero-order chi connectivity index (χ0) is 15.2. The molecule has 0 aliphatic rings. The second-order valence-corrected chi connectivity index (χ2v) is 5.70. The molecular formula is C17H17BrN2O. The molecule has 3 nitrogen and oxygen atoms in total. The van der Waals surface area contributed by atoms with E-state index in [2.05, 4.69) is 21.2 Å². The maximum Gasteiger partial charge on any atom is 0.244 e. The summed E-state index contributed by atoms with van der Waals surface area (Å²) in [6, 6.07) is 15.2. The number of halogens is 1. The first-order valence-electron chi connectivity index (χ1n) is 6.64. The molecule has 0 aliphatic carbocycles. The van der Waals surface area contributed by atoms with Crippen LogP contribution in [0, 0.1) is 0 Å². The predicted molar refractivity (Wildman–Crippen MR) is 90.6 cm³/mol. The molecule has 4 heteroatoms. The summed E-state index contributed by atoms with van der Waals surface area (Å²) in [6.07, 6.45) is 3.27. The molecule has 0 spiro atoms. The van der Waals surface area contributed by atoms with Crippen LogP contribution in [0.1, 0.15) is 24.1 Å². The molecule has 2 aromatic rings. The van der Waals surface area contributed by atoms with Crippen LogP contribution in [0.3, 0.4) is 0 Å². The number of nitrogens with one attached hydrogen (secondary N) is 1. The summed E-state index contributed by atoms with van der Waals surface area (Å²) in [5.74, 6) is -0.134. The Bertz CT molecular complexity index is 667. The van der Waals surface area contributed by atoms with E-state index in [1.807, 2.05) is 55.5 Å². The molecule has 0 aliphatic heterocycles. The van der Waals surface area contributed by atoms with Crippen LogP contribution in [0.5, 0.6) is 0 Å². The Hall–Kier alpha value is -2.07.